The summed E-state index contributed by atoms with van der Waals surface area (Å²) in [5.41, 5.74) is 6.36. The van der Waals surface area contributed by atoms with Crippen molar-refractivity contribution in [3.05, 3.63) is 0 Å². The maximum atomic E-state index is 6.10. The number of hydrogen-bond donors (Lipinski definition) is 1. The topological polar surface area (TPSA) is 29.3 Å². The monoisotopic (exact) mass is 268 g/mol. The number of rotatable bonds is 9. The highest BCUT2D eigenvalue weighted by atomic mass is 15.2. The Hall–Kier alpha value is -0.0800. The van der Waals surface area contributed by atoms with Crippen LogP contribution in [-0.2, 0) is 0 Å². The Bertz CT molecular complexity index is 221. The molecule has 0 aromatic rings. The van der Waals surface area contributed by atoms with Crippen LogP contribution in [0.5, 0.6) is 0 Å². The van der Waals surface area contributed by atoms with E-state index < -0.39 is 0 Å². The molecule has 19 heavy (non-hydrogen) atoms. The van der Waals surface area contributed by atoms with Gasteiger partial charge in [-0.1, -0.05) is 52.4 Å². The van der Waals surface area contributed by atoms with E-state index in [-0.39, 0.29) is 5.54 Å². The van der Waals surface area contributed by atoms with Crippen LogP contribution in [0.3, 0.4) is 0 Å². The van der Waals surface area contributed by atoms with Gasteiger partial charge in [0.1, 0.15) is 0 Å². The third-order valence-corrected chi connectivity index (χ3v) is 5.21. The second-order valence-corrected chi connectivity index (χ2v) is 6.70. The quantitative estimate of drug-likeness (QED) is 0.635. The van der Waals surface area contributed by atoms with Gasteiger partial charge in [-0.15, -0.1) is 0 Å². The first-order valence-electron chi connectivity index (χ1n) is 8.61. The molecule has 0 radical (unpaired) electrons. The van der Waals surface area contributed by atoms with Crippen molar-refractivity contribution in [3.63, 3.8) is 0 Å². The van der Waals surface area contributed by atoms with Crippen LogP contribution in [0.2, 0.25) is 0 Å². The Balaban J connectivity index is 2.33. The van der Waals surface area contributed by atoms with Gasteiger partial charge in [0, 0.05) is 12.1 Å². The zero-order valence-corrected chi connectivity index (χ0v) is 13.6. The molecule has 1 unspecified atom stereocenters. The number of nitrogens with two attached hydrogens (primary N) is 1. The fourth-order valence-electron chi connectivity index (χ4n) is 3.38. The van der Waals surface area contributed by atoms with E-state index in [0.29, 0.717) is 0 Å². The van der Waals surface area contributed by atoms with Crippen LogP contribution in [0.15, 0.2) is 0 Å². The van der Waals surface area contributed by atoms with E-state index in [9.17, 15) is 0 Å². The molecule has 2 heteroatoms. The zero-order valence-electron chi connectivity index (χ0n) is 13.6. The number of piperidine rings is 1. The average Bonchev–Trinajstić information content (AvgIpc) is 2.47. The summed E-state index contributed by atoms with van der Waals surface area (Å²) in [6.07, 6.45) is 12.2. The molecular formula is C17H36N2. The maximum Gasteiger partial charge on any atom is 0.0303 e. The number of hydrogen-bond acceptors (Lipinski definition) is 2. The predicted molar refractivity (Wildman–Crippen MR) is 85.4 cm³/mol. The first-order chi connectivity index (χ1) is 9.16. The van der Waals surface area contributed by atoms with Gasteiger partial charge in [-0.25, -0.2) is 0 Å². The van der Waals surface area contributed by atoms with Crippen LogP contribution < -0.4 is 5.73 Å². The number of likely N-dealkylation sites (tertiary alicyclic amines) is 1. The lowest BCUT2D eigenvalue weighted by Gasteiger charge is -2.44. The van der Waals surface area contributed by atoms with Gasteiger partial charge in [-0.05, 0) is 45.2 Å². The van der Waals surface area contributed by atoms with Crippen molar-refractivity contribution >= 4 is 0 Å². The Morgan fingerprint density at radius 1 is 1.05 bits per heavy atom. The summed E-state index contributed by atoms with van der Waals surface area (Å²) in [7, 11) is 0. The first kappa shape index (κ1) is 17.0. The molecule has 1 atom stereocenters. The van der Waals surface area contributed by atoms with E-state index in [1.165, 1.54) is 70.9 Å². The molecule has 0 aromatic heterocycles. The van der Waals surface area contributed by atoms with Gasteiger partial charge < -0.3 is 5.73 Å². The second-order valence-electron chi connectivity index (χ2n) is 6.70. The summed E-state index contributed by atoms with van der Waals surface area (Å²) < 4.78 is 0. The van der Waals surface area contributed by atoms with E-state index in [2.05, 4.69) is 25.7 Å². The van der Waals surface area contributed by atoms with Crippen molar-refractivity contribution in [1.29, 1.82) is 0 Å². The summed E-state index contributed by atoms with van der Waals surface area (Å²) in [6.45, 7) is 10.3. The molecule has 1 heterocycles. The minimum Gasteiger partial charge on any atom is -0.329 e. The molecule has 114 valence electrons. The fourth-order valence-corrected chi connectivity index (χ4v) is 3.38. The van der Waals surface area contributed by atoms with Gasteiger partial charge >= 0.3 is 0 Å². The van der Waals surface area contributed by atoms with Crippen LogP contribution in [0.1, 0.15) is 78.6 Å². The normalized spacial score (nSPS) is 21.5. The number of nitrogens with zero attached hydrogens (tertiary/aromatic N) is 1. The zero-order chi connectivity index (χ0) is 14.1. The molecule has 0 spiro atoms. The Morgan fingerprint density at radius 2 is 1.68 bits per heavy atom. The molecule has 1 fully saturated rings. The van der Waals surface area contributed by atoms with Gasteiger partial charge in [0.25, 0.3) is 0 Å². The third kappa shape index (κ3) is 5.43. The van der Waals surface area contributed by atoms with Gasteiger partial charge in [0.15, 0.2) is 0 Å². The lowest BCUT2D eigenvalue weighted by molar-refractivity contribution is 0.0583. The minimum absolute atomic E-state index is 0.255. The molecule has 0 amide bonds. The predicted octanol–water partition coefficient (Wildman–Crippen LogP) is 4.19. The molecule has 1 aliphatic rings. The van der Waals surface area contributed by atoms with Crippen LogP contribution in [0.4, 0.5) is 0 Å². The highest BCUT2D eigenvalue weighted by molar-refractivity contribution is 4.89. The molecule has 1 aliphatic heterocycles. The lowest BCUT2D eigenvalue weighted by atomic mass is 9.87. The van der Waals surface area contributed by atoms with E-state index in [0.717, 1.165) is 12.5 Å². The first-order valence-corrected chi connectivity index (χ1v) is 8.61. The van der Waals surface area contributed by atoms with Crippen LogP contribution >= 0.6 is 0 Å². The molecule has 1 rings (SSSR count). The fraction of sp³-hybridized carbons (Fsp3) is 1.00. The Morgan fingerprint density at radius 3 is 2.21 bits per heavy atom. The standard InChI is InChI=1S/C17H36N2/c1-4-6-7-8-9-12-17(3,15-18)19-13-10-16(5-2)11-14-19/h16H,4-15,18H2,1-3H3. The molecular weight excluding hydrogens is 232 g/mol. The summed E-state index contributed by atoms with van der Waals surface area (Å²) in [5.74, 6) is 0.961. The highest BCUT2D eigenvalue weighted by Gasteiger charge is 2.32. The number of unbranched alkanes of at least 4 members (excludes halogenated alkanes) is 4. The largest absolute Gasteiger partial charge is 0.329 e. The van der Waals surface area contributed by atoms with Crippen LogP contribution in [0, 0.1) is 5.92 Å². The molecule has 2 nitrogen and oxygen atoms in total. The van der Waals surface area contributed by atoms with Crippen molar-refractivity contribution in [3.8, 4) is 0 Å². The van der Waals surface area contributed by atoms with E-state index >= 15 is 0 Å². The summed E-state index contributed by atoms with van der Waals surface area (Å²) in [6, 6.07) is 0. The third-order valence-electron chi connectivity index (χ3n) is 5.21. The lowest BCUT2D eigenvalue weighted by Crippen LogP contribution is -2.54. The highest BCUT2D eigenvalue weighted by Crippen LogP contribution is 2.29. The van der Waals surface area contributed by atoms with E-state index in [1.54, 1.807) is 0 Å². The molecule has 2 N–H and O–H groups in total. The van der Waals surface area contributed by atoms with Gasteiger partial charge in [-0.3, -0.25) is 4.90 Å². The van der Waals surface area contributed by atoms with Crippen molar-refractivity contribution < 1.29 is 0 Å². The molecule has 0 aliphatic carbocycles. The van der Waals surface area contributed by atoms with Crippen molar-refractivity contribution in [2.75, 3.05) is 19.6 Å². The summed E-state index contributed by atoms with van der Waals surface area (Å²) >= 11 is 0. The molecule has 1 saturated heterocycles. The van der Waals surface area contributed by atoms with E-state index in [1.807, 2.05) is 0 Å². The smallest absolute Gasteiger partial charge is 0.0303 e. The van der Waals surface area contributed by atoms with Gasteiger partial charge in [0.2, 0.25) is 0 Å². The Kier molecular flexibility index (Phi) is 8.01. The SMILES string of the molecule is CCCCCCCC(C)(CN)N1CCC(CC)CC1. The molecule has 0 bridgehead atoms. The average molecular weight is 268 g/mol. The maximum absolute atomic E-state index is 6.10. The van der Waals surface area contributed by atoms with Crippen LogP contribution in [-0.4, -0.2) is 30.1 Å². The summed E-state index contributed by atoms with van der Waals surface area (Å²) in [5, 5.41) is 0. The molecule has 0 aromatic carbocycles. The van der Waals surface area contributed by atoms with Crippen molar-refractivity contribution in [1.82, 2.24) is 4.90 Å². The van der Waals surface area contributed by atoms with Crippen molar-refractivity contribution in [2.24, 2.45) is 11.7 Å². The van der Waals surface area contributed by atoms with Crippen LogP contribution in [0.25, 0.3) is 0 Å². The minimum atomic E-state index is 0.255. The van der Waals surface area contributed by atoms with Gasteiger partial charge in [0.05, 0.1) is 0 Å². The summed E-state index contributed by atoms with van der Waals surface area (Å²) in [4.78, 5) is 2.68. The Labute approximate surface area is 121 Å². The second kappa shape index (κ2) is 8.97. The van der Waals surface area contributed by atoms with E-state index in [4.69, 9.17) is 5.73 Å². The van der Waals surface area contributed by atoms with Gasteiger partial charge in [-0.2, -0.15) is 0 Å². The van der Waals surface area contributed by atoms with Crippen molar-refractivity contribution in [2.45, 2.75) is 84.1 Å². The molecule has 0 saturated carbocycles.